The third-order valence-corrected chi connectivity index (χ3v) is 3.33. The van der Waals surface area contributed by atoms with Crippen LogP contribution in [0.4, 0.5) is 0 Å². The number of sulfone groups is 1. The van der Waals surface area contributed by atoms with Crippen LogP contribution in [-0.2, 0) is 9.84 Å². The normalized spacial score (nSPS) is 35.3. The summed E-state index contributed by atoms with van der Waals surface area (Å²) in [5, 5.41) is -0.214. The van der Waals surface area contributed by atoms with Crippen LogP contribution in [0.5, 0.6) is 0 Å². The first kappa shape index (κ1) is 5.38. The molecule has 0 amide bonds. The maximum atomic E-state index is 10.2. The van der Waals surface area contributed by atoms with Crippen LogP contribution in [0.3, 0.4) is 0 Å². The Kier molecular flexibility index (Phi) is 1.04. The molecule has 1 atom stereocenters. The molecule has 0 aromatic heterocycles. The van der Waals surface area contributed by atoms with Gasteiger partial charge in [-0.3, -0.25) is 0 Å². The number of hydrogen-bond donors (Lipinski definition) is 0. The van der Waals surface area contributed by atoms with Crippen molar-refractivity contribution in [3.63, 3.8) is 0 Å². The van der Waals surface area contributed by atoms with Crippen molar-refractivity contribution >= 4 is 21.4 Å². The van der Waals surface area contributed by atoms with Crippen LogP contribution in [0.1, 0.15) is 0 Å². The number of hydrogen-bond acceptors (Lipinski definition) is 2. The van der Waals surface area contributed by atoms with E-state index in [1.165, 1.54) is 0 Å². The summed E-state index contributed by atoms with van der Waals surface area (Å²) in [4.78, 5) is 0. The van der Waals surface area contributed by atoms with Crippen LogP contribution in [0, 0.1) is 0 Å². The molecule has 7 heavy (non-hydrogen) atoms. The third kappa shape index (κ3) is 0.888. The van der Waals surface area contributed by atoms with Gasteiger partial charge in [-0.1, -0.05) is 0 Å². The largest absolute Gasteiger partial charge is 0.228 e. The first-order chi connectivity index (χ1) is 3.17. The predicted molar refractivity (Wildman–Crippen MR) is 28.3 cm³/mol. The lowest BCUT2D eigenvalue weighted by molar-refractivity contribution is 0.613. The highest BCUT2D eigenvalue weighted by molar-refractivity contribution is 7.99. The summed E-state index contributed by atoms with van der Waals surface area (Å²) in [6, 6.07) is 0. The molecular formula is C3H5ClO2S. The van der Waals surface area contributed by atoms with Gasteiger partial charge >= 0.3 is 0 Å². The highest BCUT2D eigenvalue weighted by Crippen LogP contribution is 2.21. The fourth-order valence-electron chi connectivity index (χ4n) is 0.360. The SMILES string of the molecule is O=S1(=O)CC1CCl. The van der Waals surface area contributed by atoms with Crippen LogP contribution in [0.25, 0.3) is 0 Å². The van der Waals surface area contributed by atoms with Crippen molar-refractivity contribution in [2.24, 2.45) is 0 Å². The van der Waals surface area contributed by atoms with Gasteiger partial charge in [0.15, 0.2) is 9.84 Å². The molecule has 1 unspecified atom stereocenters. The molecule has 4 heteroatoms. The molecule has 0 aliphatic carbocycles. The molecule has 0 radical (unpaired) electrons. The molecule has 2 nitrogen and oxygen atoms in total. The first-order valence-corrected chi connectivity index (χ1v) is 4.19. The Labute approximate surface area is 47.4 Å². The second-order valence-corrected chi connectivity index (χ2v) is 4.24. The maximum Gasteiger partial charge on any atom is 0.156 e. The molecule has 0 bridgehead atoms. The quantitative estimate of drug-likeness (QED) is 0.380. The highest BCUT2D eigenvalue weighted by Gasteiger charge is 2.42. The Bertz CT molecular complexity index is 160. The van der Waals surface area contributed by atoms with Gasteiger partial charge in [-0.25, -0.2) is 8.42 Å². The van der Waals surface area contributed by atoms with Gasteiger partial charge in [0.1, 0.15) is 0 Å². The average molecular weight is 141 g/mol. The lowest BCUT2D eigenvalue weighted by Gasteiger charge is -1.70. The van der Waals surface area contributed by atoms with Crippen molar-refractivity contribution in [1.82, 2.24) is 0 Å². The minimum Gasteiger partial charge on any atom is -0.228 e. The van der Waals surface area contributed by atoms with Gasteiger partial charge in [0.25, 0.3) is 0 Å². The summed E-state index contributed by atoms with van der Waals surface area (Å²) in [6.07, 6.45) is 0. The summed E-state index contributed by atoms with van der Waals surface area (Å²) < 4.78 is 20.4. The van der Waals surface area contributed by atoms with Gasteiger partial charge in [0.05, 0.1) is 11.0 Å². The summed E-state index contributed by atoms with van der Waals surface area (Å²) >= 11 is 5.20. The van der Waals surface area contributed by atoms with E-state index in [9.17, 15) is 8.42 Å². The van der Waals surface area contributed by atoms with Crippen LogP contribution in [-0.4, -0.2) is 25.3 Å². The van der Waals surface area contributed by atoms with E-state index in [1.54, 1.807) is 0 Å². The van der Waals surface area contributed by atoms with Gasteiger partial charge in [0, 0.05) is 5.88 Å². The second-order valence-electron chi connectivity index (χ2n) is 1.61. The summed E-state index contributed by atoms with van der Waals surface area (Å²) in [5.41, 5.74) is 0. The van der Waals surface area contributed by atoms with Crippen LogP contribution in [0.15, 0.2) is 0 Å². The molecule has 1 fully saturated rings. The molecule has 0 aromatic carbocycles. The monoisotopic (exact) mass is 140 g/mol. The number of alkyl halides is 1. The minimum absolute atomic E-state index is 0.214. The molecule has 1 heterocycles. The van der Waals surface area contributed by atoms with Crippen LogP contribution < -0.4 is 0 Å². The molecule has 1 rings (SSSR count). The van der Waals surface area contributed by atoms with Crippen LogP contribution >= 0.6 is 11.6 Å². The van der Waals surface area contributed by atoms with Crippen LogP contribution in [0.2, 0.25) is 0 Å². The second kappa shape index (κ2) is 1.36. The summed E-state index contributed by atoms with van der Waals surface area (Å²) in [6.45, 7) is 0. The van der Waals surface area contributed by atoms with Crippen molar-refractivity contribution in [3.8, 4) is 0 Å². The fourth-order valence-corrected chi connectivity index (χ4v) is 2.26. The smallest absolute Gasteiger partial charge is 0.156 e. The zero-order chi connectivity index (χ0) is 5.49. The van der Waals surface area contributed by atoms with Gasteiger partial charge in [-0.15, -0.1) is 11.6 Å². The van der Waals surface area contributed by atoms with E-state index in [2.05, 4.69) is 0 Å². The zero-order valence-electron chi connectivity index (χ0n) is 3.59. The Morgan fingerprint density at radius 3 is 2.14 bits per heavy atom. The maximum absolute atomic E-state index is 10.2. The molecule has 0 aromatic rings. The molecule has 1 saturated heterocycles. The molecular weight excluding hydrogens is 136 g/mol. The number of halogens is 1. The molecule has 1 aliphatic heterocycles. The van der Waals surface area contributed by atoms with E-state index in [-0.39, 0.29) is 11.1 Å². The van der Waals surface area contributed by atoms with E-state index in [0.29, 0.717) is 5.75 Å². The van der Waals surface area contributed by atoms with Crippen molar-refractivity contribution in [2.45, 2.75) is 5.25 Å². The van der Waals surface area contributed by atoms with Gasteiger partial charge in [-0.2, -0.15) is 0 Å². The topological polar surface area (TPSA) is 34.1 Å². The van der Waals surface area contributed by atoms with E-state index in [0.717, 1.165) is 0 Å². The predicted octanol–water partition coefficient (Wildman–Crippen LogP) is 0.0222. The van der Waals surface area contributed by atoms with Gasteiger partial charge in [0.2, 0.25) is 0 Å². The average Bonchev–Trinajstić information content (AvgIpc) is 2.13. The molecule has 0 N–H and O–H groups in total. The lowest BCUT2D eigenvalue weighted by atomic mass is 10.6. The van der Waals surface area contributed by atoms with Crippen molar-refractivity contribution in [1.29, 1.82) is 0 Å². The lowest BCUT2D eigenvalue weighted by Crippen LogP contribution is -1.86. The van der Waals surface area contributed by atoms with E-state index >= 15 is 0 Å². The summed E-state index contributed by atoms with van der Waals surface area (Å²) in [5.74, 6) is 0.568. The van der Waals surface area contributed by atoms with E-state index in [1.807, 2.05) is 0 Å². The Morgan fingerprint density at radius 1 is 1.71 bits per heavy atom. The Hall–Kier alpha value is 0.240. The van der Waals surface area contributed by atoms with Gasteiger partial charge < -0.3 is 0 Å². The van der Waals surface area contributed by atoms with E-state index in [4.69, 9.17) is 11.6 Å². The molecule has 0 spiro atoms. The van der Waals surface area contributed by atoms with Crippen molar-refractivity contribution in [2.75, 3.05) is 11.6 Å². The highest BCUT2D eigenvalue weighted by atomic mass is 35.5. The van der Waals surface area contributed by atoms with Crippen molar-refractivity contribution < 1.29 is 8.42 Å². The zero-order valence-corrected chi connectivity index (χ0v) is 5.17. The summed E-state index contributed by atoms with van der Waals surface area (Å²) in [7, 11) is -2.64. The third-order valence-electron chi connectivity index (χ3n) is 0.983. The Balaban J connectivity index is 2.62. The standard InChI is InChI=1S/C3H5ClO2S/c4-1-3-2-7(3,5)6/h3H,1-2H2. The van der Waals surface area contributed by atoms with E-state index < -0.39 is 9.84 Å². The fraction of sp³-hybridized carbons (Fsp3) is 1.00. The van der Waals surface area contributed by atoms with Gasteiger partial charge in [-0.05, 0) is 0 Å². The van der Waals surface area contributed by atoms with Crippen molar-refractivity contribution in [3.05, 3.63) is 0 Å². The minimum atomic E-state index is -2.64. The molecule has 1 aliphatic rings. The first-order valence-electron chi connectivity index (χ1n) is 1.94. The Morgan fingerprint density at radius 2 is 2.14 bits per heavy atom. The number of rotatable bonds is 1. The molecule has 0 saturated carbocycles. The molecule has 42 valence electrons.